The molecule has 2 bridgehead atoms. The first kappa shape index (κ1) is 19.3. The van der Waals surface area contributed by atoms with Gasteiger partial charge in [-0.2, -0.15) is 5.10 Å². The minimum atomic E-state index is -1.31. The second kappa shape index (κ2) is 7.08. The van der Waals surface area contributed by atoms with Crippen LogP contribution in [0.2, 0.25) is 0 Å². The Balaban J connectivity index is 0.00000180. The van der Waals surface area contributed by atoms with Gasteiger partial charge in [-0.3, -0.25) is 14.4 Å². The van der Waals surface area contributed by atoms with E-state index in [1.807, 2.05) is 10.8 Å². The zero-order chi connectivity index (χ0) is 18.0. The number of aromatic nitrogens is 2. The summed E-state index contributed by atoms with van der Waals surface area (Å²) in [5.74, 6) is -0.488. The largest absolute Gasteiger partial charge is 1.00 e. The van der Waals surface area contributed by atoms with Gasteiger partial charge in [0.05, 0.1) is 36.1 Å². The Morgan fingerprint density at radius 3 is 2.96 bits per heavy atom. The third-order valence-corrected chi connectivity index (χ3v) is 6.91. The van der Waals surface area contributed by atoms with E-state index in [2.05, 4.69) is 0 Å². The summed E-state index contributed by atoms with van der Waals surface area (Å²) in [6, 6.07) is 0. The molecule has 1 amide bonds. The van der Waals surface area contributed by atoms with Crippen molar-refractivity contribution in [2.45, 2.75) is 43.0 Å². The quantitative estimate of drug-likeness (QED) is 0.319. The number of hydrogen-bond acceptors (Lipinski definition) is 6. The molecule has 1 saturated heterocycles. The number of β-lactam (4-membered cyclic amide) rings is 1. The first-order chi connectivity index (χ1) is 12.6. The van der Waals surface area contributed by atoms with Crippen molar-refractivity contribution in [3.8, 4) is 0 Å². The first-order valence-corrected chi connectivity index (χ1v) is 9.76. The van der Waals surface area contributed by atoms with E-state index in [1.54, 1.807) is 7.11 Å². The molecule has 4 aliphatic rings. The molecule has 5 rings (SSSR count). The molecule has 2 aliphatic carbocycles. The summed E-state index contributed by atoms with van der Waals surface area (Å²) in [5.41, 5.74) is 4.03. The van der Waals surface area contributed by atoms with Crippen molar-refractivity contribution in [3.63, 3.8) is 0 Å². The maximum Gasteiger partial charge on any atom is 1.00 e. The molecule has 2 fully saturated rings. The number of carbonyl (C=O) groups is 2. The second-order valence-electron chi connectivity index (χ2n) is 7.16. The predicted molar refractivity (Wildman–Crippen MR) is 92.7 cm³/mol. The summed E-state index contributed by atoms with van der Waals surface area (Å²) in [6.45, 7) is 1.31. The van der Waals surface area contributed by atoms with Gasteiger partial charge < -0.3 is 14.6 Å². The van der Waals surface area contributed by atoms with Crippen molar-refractivity contribution < 1.29 is 49.0 Å². The normalized spacial score (nSPS) is 28.7. The number of carboxylic acid groups (broad SMARTS) is 1. The van der Waals surface area contributed by atoms with Gasteiger partial charge >= 0.3 is 29.6 Å². The van der Waals surface area contributed by atoms with Gasteiger partial charge in [0.15, 0.2) is 0 Å². The number of thioether (sulfide) groups is 1. The van der Waals surface area contributed by atoms with Crippen molar-refractivity contribution in [3.05, 3.63) is 33.6 Å². The Bertz CT molecular complexity index is 893. The van der Waals surface area contributed by atoms with Gasteiger partial charge in [0.1, 0.15) is 5.37 Å². The number of hydrogen-bond donors (Lipinski definition) is 0. The topological polar surface area (TPSA) is 87.5 Å². The average Bonchev–Trinajstić information content (AvgIpc) is 3.37. The van der Waals surface area contributed by atoms with Crippen molar-refractivity contribution >= 4 is 29.7 Å². The minimum absolute atomic E-state index is 0. The van der Waals surface area contributed by atoms with Crippen molar-refractivity contribution in [2.24, 2.45) is 0 Å². The minimum Gasteiger partial charge on any atom is -0.543 e. The molecule has 0 spiro atoms. The molecule has 1 saturated carbocycles. The third kappa shape index (κ3) is 2.76. The number of aliphatic carboxylic acids is 1. The van der Waals surface area contributed by atoms with Gasteiger partial charge in [-0.15, -0.1) is 11.8 Å². The van der Waals surface area contributed by atoms with Gasteiger partial charge in [-0.1, -0.05) is 0 Å². The SMILES string of the molecule is COCCn1nc(/C=C2/C(=O)N3C(C(=O)[O-])=CS[C@H]23)c2c1C1CCC2C1.[Na+]. The number of nitrogens with zero attached hydrogens (tertiary/aromatic N) is 3. The standard InChI is InChI=1S/C18H19N3O4S.Na/c1-25-5-4-20-15-10-3-2-9(6-10)14(15)12(19-20)7-11-16(22)21-13(18(23)24)8-26-17(11)21;/h7-10,17H,2-6H2,1H3,(H,23,24);/q;+1/p-1/b11-7-;/t9?,10?,17-;/m1./s1. The molecule has 1 aromatic heterocycles. The summed E-state index contributed by atoms with van der Waals surface area (Å²) in [7, 11) is 1.68. The fourth-order valence-electron chi connectivity index (χ4n) is 4.71. The monoisotopic (exact) mass is 395 g/mol. The van der Waals surface area contributed by atoms with Crippen LogP contribution in [0.15, 0.2) is 16.7 Å². The molecule has 0 N–H and O–H groups in total. The molecule has 3 atom stereocenters. The van der Waals surface area contributed by atoms with Crippen LogP contribution in [0.3, 0.4) is 0 Å². The summed E-state index contributed by atoms with van der Waals surface area (Å²) in [6.07, 6.45) is 5.42. The van der Waals surface area contributed by atoms with Crippen LogP contribution >= 0.6 is 11.8 Å². The van der Waals surface area contributed by atoms with E-state index in [-0.39, 0.29) is 46.5 Å². The van der Waals surface area contributed by atoms with E-state index >= 15 is 0 Å². The number of amides is 1. The Morgan fingerprint density at radius 1 is 1.44 bits per heavy atom. The van der Waals surface area contributed by atoms with Crippen LogP contribution in [-0.2, 0) is 20.9 Å². The Hall–Kier alpha value is -1.06. The van der Waals surface area contributed by atoms with E-state index in [1.165, 1.54) is 52.6 Å². The number of carboxylic acids is 1. The zero-order valence-corrected chi connectivity index (χ0v) is 18.1. The van der Waals surface area contributed by atoms with Gasteiger partial charge in [0.25, 0.3) is 5.91 Å². The molecule has 2 unspecified atom stereocenters. The van der Waals surface area contributed by atoms with Crippen LogP contribution in [-0.4, -0.2) is 45.6 Å². The fourth-order valence-corrected chi connectivity index (χ4v) is 5.82. The van der Waals surface area contributed by atoms with E-state index < -0.39 is 5.97 Å². The smallest absolute Gasteiger partial charge is 0.543 e. The summed E-state index contributed by atoms with van der Waals surface area (Å²) in [4.78, 5) is 24.9. The van der Waals surface area contributed by atoms with Crippen LogP contribution in [0.25, 0.3) is 6.08 Å². The number of fused-ring (bicyclic) bond motifs is 6. The summed E-state index contributed by atoms with van der Waals surface area (Å²) < 4.78 is 7.25. The van der Waals surface area contributed by atoms with Gasteiger partial charge in [0, 0.05) is 24.3 Å². The number of ether oxygens (including phenoxy) is 1. The molecule has 136 valence electrons. The molecule has 2 aliphatic heterocycles. The molecule has 7 nitrogen and oxygen atoms in total. The fraction of sp³-hybridized carbons (Fsp3) is 0.500. The summed E-state index contributed by atoms with van der Waals surface area (Å²) in [5, 5.41) is 17.1. The molecule has 27 heavy (non-hydrogen) atoms. The van der Waals surface area contributed by atoms with Crippen molar-refractivity contribution in [1.82, 2.24) is 14.7 Å². The van der Waals surface area contributed by atoms with Gasteiger partial charge in [-0.25, -0.2) is 0 Å². The Kier molecular flexibility index (Phi) is 5.05. The molecular formula is C18H18N3NaO4S. The Labute approximate surface area is 183 Å². The average molecular weight is 395 g/mol. The van der Waals surface area contributed by atoms with Gasteiger partial charge in [0.2, 0.25) is 0 Å². The number of carbonyl (C=O) groups excluding carboxylic acids is 2. The molecule has 0 aromatic carbocycles. The van der Waals surface area contributed by atoms with Gasteiger partial charge in [-0.05, 0) is 36.7 Å². The number of methoxy groups -OCH3 is 1. The van der Waals surface area contributed by atoms with E-state index in [0.717, 1.165) is 5.69 Å². The van der Waals surface area contributed by atoms with Crippen molar-refractivity contribution in [1.29, 1.82) is 0 Å². The number of rotatable bonds is 5. The van der Waals surface area contributed by atoms with Crippen LogP contribution in [0.5, 0.6) is 0 Å². The first-order valence-electron chi connectivity index (χ1n) is 8.81. The molecule has 0 radical (unpaired) electrons. The molecular weight excluding hydrogens is 377 g/mol. The van der Waals surface area contributed by atoms with Crippen LogP contribution < -0.4 is 34.7 Å². The summed E-state index contributed by atoms with van der Waals surface area (Å²) >= 11 is 1.33. The third-order valence-electron chi connectivity index (χ3n) is 5.83. The molecule has 3 heterocycles. The second-order valence-corrected chi connectivity index (χ2v) is 8.12. The zero-order valence-electron chi connectivity index (χ0n) is 15.3. The van der Waals surface area contributed by atoms with Crippen molar-refractivity contribution in [2.75, 3.05) is 13.7 Å². The van der Waals surface area contributed by atoms with E-state index in [9.17, 15) is 14.7 Å². The van der Waals surface area contributed by atoms with E-state index in [4.69, 9.17) is 9.84 Å². The maximum absolute atomic E-state index is 12.5. The molecule has 9 heteroatoms. The predicted octanol–water partition coefficient (Wildman–Crippen LogP) is -2.21. The van der Waals surface area contributed by atoms with Crippen LogP contribution in [0.4, 0.5) is 0 Å². The van der Waals surface area contributed by atoms with Crippen LogP contribution in [0, 0.1) is 0 Å². The Morgan fingerprint density at radius 2 is 2.22 bits per heavy atom. The maximum atomic E-state index is 12.5. The molecule has 1 aromatic rings. The van der Waals surface area contributed by atoms with E-state index in [0.29, 0.717) is 30.6 Å². The van der Waals surface area contributed by atoms with Crippen LogP contribution in [0.1, 0.15) is 48.0 Å².